The molecule has 170 valence electrons. The zero-order valence-electron chi connectivity index (χ0n) is 19.1. The maximum atomic E-state index is 13.7. The van der Waals surface area contributed by atoms with Crippen molar-refractivity contribution in [1.82, 2.24) is 15.2 Å². The number of nitrogens with one attached hydrogen (secondary N) is 1. The second kappa shape index (κ2) is 8.57. The van der Waals surface area contributed by atoms with Crippen molar-refractivity contribution in [2.45, 2.75) is 6.04 Å². The van der Waals surface area contributed by atoms with Gasteiger partial charge >= 0.3 is 0 Å². The Balaban J connectivity index is 1.46. The molecule has 2 aromatic heterocycles. The van der Waals surface area contributed by atoms with Crippen LogP contribution in [0.1, 0.15) is 27.7 Å². The van der Waals surface area contributed by atoms with Crippen molar-refractivity contribution in [3.63, 3.8) is 0 Å². The van der Waals surface area contributed by atoms with Crippen LogP contribution < -0.4 is 9.64 Å². The highest BCUT2D eigenvalue weighted by molar-refractivity contribution is 6.11. The van der Waals surface area contributed by atoms with Crippen molar-refractivity contribution in [3.8, 4) is 28.3 Å². The summed E-state index contributed by atoms with van der Waals surface area (Å²) >= 11 is 0. The Morgan fingerprint density at radius 1 is 0.829 bits per heavy atom. The van der Waals surface area contributed by atoms with E-state index in [2.05, 4.69) is 15.2 Å². The Labute approximate surface area is 202 Å². The third kappa shape index (κ3) is 3.56. The number of fused-ring (bicyclic) bond motifs is 1. The van der Waals surface area contributed by atoms with Gasteiger partial charge in [-0.05, 0) is 54.1 Å². The molecule has 3 heterocycles. The lowest BCUT2D eigenvalue weighted by molar-refractivity contribution is 0.0989. The predicted octanol–water partition coefficient (Wildman–Crippen LogP) is 5.90. The minimum absolute atomic E-state index is 0.105. The molecule has 1 aliphatic rings. The van der Waals surface area contributed by atoms with Gasteiger partial charge in [0, 0.05) is 28.6 Å². The molecule has 3 aromatic carbocycles. The average Bonchev–Trinajstić information content (AvgIpc) is 3.49. The Morgan fingerprint density at radius 3 is 2.23 bits per heavy atom. The third-order valence-corrected chi connectivity index (χ3v) is 6.35. The lowest BCUT2D eigenvalue weighted by Gasteiger charge is -2.26. The molecule has 0 radical (unpaired) electrons. The summed E-state index contributed by atoms with van der Waals surface area (Å²) in [5.41, 5.74) is 6.79. The molecule has 1 unspecified atom stereocenters. The maximum Gasteiger partial charge on any atom is 0.277 e. The first-order valence-electron chi connectivity index (χ1n) is 11.4. The highest BCUT2D eigenvalue weighted by atomic mass is 16.5. The summed E-state index contributed by atoms with van der Waals surface area (Å²) in [6, 6.07) is 31.3. The summed E-state index contributed by atoms with van der Waals surface area (Å²) in [5, 5.41) is 7.57. The normalized spacial score (nSPS) is 14.7. The minimum Gasteiger partial charge on any atom is -0.497 e. The van der Waals surface area contributed by atoms with E-state index in [4.69, 9.17) is 4.74 Å². The maximum absolute atomic E-state index is 13.7. The van der Waals surface area contributed by atoms with E-state index < -0.39 is 0 Å². The summed E-state index contributed by atoms with van der Waals surface area (Å²) in [4.78, 5) is 20.0. The summed E-state index contributed by atoms with van der Waals surface area (Å²) in [5.74, 6) is 0.665. The number of benzene rings is 3. The van der Waals surface area contributed by atoms with E-state index in [1.54, 1.807) is 13.3 Å². The van der Waals surface area contributed by atoms with E-state index >= 15 is 0 Å². The van der Waals surface area contributed by atoms with Crippen molar-refractivity contribution >= 4 is 11.6 Å². The molecule has 6 nitrogen and oxygen atoms in total. The van der Waals surface area contributed by atoms with Crippen LogP contribution in [0.4, 0.5) is 5.69 Å². The number of hydrogen-bond donors (Lipinski definition) is 1. The van der Waals surface area contributed by atoms with Crippen LogP contribution in [0, 0.1) is 0 Å². The van der Waals surface area contributed by atoms with Gasteiger partial charge in [-0.25, -0.2) is 0 Å². The van der Waals surface area contributed by atoms with Gasteiger partial charge < -0.3 is 4.74 Å². The number of hydrogen-bond acceptors (Lipinski definition) is 4. The third-order valence-electron chi connectivity index (χ3n) is 6.35. The van der Waals surface area contributed by atoms with Crippen molar-refractivity contribution in [2.75, 3.05) is 12.0 Å². The van der Waals surface area contributed by atoms with Crippen LogP contribution in [0.25, 0.3) is 22.5 Å². The Bertz CT molecular complexity index is 1480. The number of methoxy groups -OCH3 is 1. The molecule has 6 rings (SSSR count). The van der Waals surface area contributed by atoms with E-state index in [1.165, 1.54) is 0 Å². The molecule has 0 spiro atoms. The van der Waals surface area contributed by atoms with Crippen LogP contribution in [-0.2, 0) is 0 Å². The van der Waals surface area contributed by atoms with Crippen LogP contribution in [0.5, 0.6) is 5.75 Å². The standard InChI is InChI=1S/C29H22N4O2/c1-35-23-16-12-20(13-17-23)26-25-27(32-31-26)29(34)33(28(25)21-7-3-2-4-8-21)22-14-10-19(11-15-22)24-9-5-6-18-30-24/h2-18,28H,1H3,(H,31,32). The number of H-pyrrole nitrogens is 1. The van der Waals surface area contributed by atoms with E-state index in [-0.39, 0.29) is 11.9 Å². The smallest absolute Gasteiger partial charge is 0.277 e. The molecule has 1 amide bonds. The molecule has 0 saturated heterocycles. The summed E-state index contributed by atoms with van der Waals surface area (Å²) in [6.07, 6.45) is 1.78. The van der Waals surface area contributed by atoms with Crippen LogP contribution in [0.2, 0.25) is 0 Å². The van der Waals surface area contributed by atoms with E-state index in [9.17, 15) is 4.79 Å². The molecule has 1 N–H and O–H groups in total. The number of aromatic nitrogens is 3. The fraction of sp³-hybridized carbons (Fsp3) is 0.0690. The van der Waals surface area contributed by atoms with Crippen LogP contribution in [0.15, 0.2) is 103 Å². The van der Waals surface area contributed by atoms with E-state index in [1.807, 2.05) is 102 Å². The zero-order valence-corrected chi connectivity index (χ0v) is 19.1. The number of amides is 1. The number of rotatable bonds is 5. The Hall–Kier alpha value is -4.71. The molecule has 1 aliphatic heterocycles. The summed E-state index contributed by atoms with van der Waals surface area (Å²) < 4.78 is 5.31. The van der Waals surface area contributed by atoms with Gasteiger partial charge in [0.25, 0.3) is 5.91 Å². The van der Waals surface area contributed by atoms with Crippen molar-refractivity contribution < 1.29 is 9.53 Å². The predicted molar refractivity (Wildman–Crippen MR) is 135 cm³/mol. The molecular weight excluding hydrogens is 436 g/mol. The van der Waals surface area contributed by atoms with Crippen molar-refractivity contribution in [3.05, 3.63) is 120 Å². The SMILES string of the molecule is COc1ccc(-c2n[nH]c3c2C(c2ccccc2)N(c2ccc(-c4ccccn4)cc2)C3=O)cc1. The molecular formula is C29H22N4O2. The first-order chi connectivity index (χ1) is 17.2. The largest absolute Gasteiger partial charge is 0.497 e. The number of ether oxygens (including phenoxy) is 1. The lowest BCUT2D eigenvalue weighted by atomic mass is 9.96. The second-order valence-corrected chi connectivity index (χ2v) is 8.34. The van der Waals surface area contributed by atoms with Crippen molar-refractivity contribution in [1.29, 1.82) is 0 Å². The van der Waals surface area contributed by atoms with Crippen molar-refractivity contribution in [2.24, 2.45) is 0 Å². The van der Waals surface area contributed by atoms with Crippen LogP contribution >= 0.6 is 0 Å². The zero-order chi connectivity index (χ0) is 23.8. The van der Waals surface area contributed by atoms with Gasteiger partial charge in [-0.3, -0.25) is 19.8 Å². The summed E-state index contributed by atoms with van der Waals surface area (Å²) in [6.45, 7) is 0. The van der Waals surface area contributed by atoms with Gasteiger partial charge in [-0.15, -0.1) is 0 Å². The van der Waals surface area contributed by atoms with Gasteiger partial charge in [0.2, 0.25) is 0 Å². The fourth-order valence-electron chi connectivity index (χ4n) is 4.66. The first-order valence-corrected chi connectivity index (χ1v) is 11.4. The van der Waals surface area contributed by atoms with Gasteiger partial charge in [-0.1, -0.05) is 48.5 Å². The number of aromatic amines is 1. The second-order valence-electron chi connectivity index (χ2n) is 8.34. The molecule has 0 bridgehead atoms. The minimum atomic E-state index is -0.310. The Morgan fingerprint density at radius 2 is 1.54 bits per heavy atom. The molecule has 5 aromatic rings. The average molecular weight is 459 g/mol. The molecule has 35 heavy (non-hydrogen) atoms. The topological polar surface area (TPSA) is 71.1 Å². The van der Waals surface area contributed by atoms with E-state index in [0.717, 1.165) is 45.1 Å². The molecule has 0 aliphatic carbocycles. The van der Waals surface area contributed by atoms with Crippen LogP contribution in [-0.4, -0.2) is 28.2 Å². The number of anilines is 1. The highest BCUT2D eigenvalue weighted by Crippen LogP contribution is 2.45. The molecule has 0 saturated carbocycles. The molecule has 6 heteroatoms. The lowest BCUT2D eigenvalue weighted by Crippen LogP contribution is -2.29. The van der Waals surface area contributed by atoms with Gasteiger partial charge in [-0.2, -0.15) is 5.10 Å². The fourth-order valence-corrected chi connectivity index (χ4v) is 4.66. The quantitative estimate of drug-likeness (QED) is 0.356. The van der Waals surface area contributed by atoms with Gasteiger partial charge in [0.1, 0.15) is 11.4 Å². The Kier molecular flexibility index (Phi) is 5.11. The van der Waals surface area contributed by atoms with E-state index in [0.29, 0.717) is 5.69 Å². The highest BCUT2D eigenvalue weighted by Gasteiger charge is 2.43. The number of carbonyl (C=O) groups is 1. The number of nitrogens with zero attached hydrogens (tertiary/aromatic N) is 3. The number of pyridine rings is 1. The number of carbonyl (C=O) groups excluding carboxylic acids is 1. The monoisotopic (exact) mass is 458 g/mol. The van der Waals surface area contributed by atoms with Crippen LogP contribution in [0.3, 0.4) is 0 Å². The molecule has 1 atom stereocenters. The molecule has 0 fully saturated rings. The van der Waals surface area contributed by atoms with Gasteiger partial charge in [0.05, 0.1) is 24.5 Å². The first kappa shape index (κ1) is 20.9. The summed E-state index contributed by atoms with van der Waals surface area (Å²) in [7, 11) is 1.64. The van der Waals surface area contributed by atoms with Gasteiger partial charge in [0.15, 0.2) is 0 Å².